The summed E-state index contributed by atoms with van der Waals surface area (Å²) in [5.74, 6) is 0.575. The van der Waals surface area contributed by atoms with Crippen LogP contribution in [0.5, 0.6) is 0 Å². The number of likely N-dealkylation sites (tertiary alicyclic amines) is 1. The average Bonchev–Trinajstić information content (AvgIpc) is 2.55. The van der Waals surface area contributed by atoms with Crippen LogP contribution in [0.4, 0.5) is 0 Å². The Kier molecular flexibility index (Phi) is 5.26. The van der Waals surface area contributed by atoms with Gasteiger partial charge in [0, 0.05) is 26.3 Å². The summed E-state index contributed by atoms with van der Waals surface area (Å²) in [7, 11) is 1.75. The minimum absolute atomic E-state index is 0.0856. The molecule has 5 nitrogen and oxygen atoms in total. The largest absolute Gasteiger partial charge is 0.383 e. The molecule has 1 aliphatic carbocycles. The SMILES string of the molecule is COCCN1CCC(Cn2nc3c(cc2=O)CCCC3)CC1. The van der Waals surface area contributed by atoms with Gasteiger partial charge in [0.2, 0.25) is 0 Å². The fourth-order valence-corrected chi connectivity index (χ4v) is 3.59. The van der Waals surface area contributed by atoms with E-state index in [0.717, 1.165) is 64.2 Å². The van der Waals surface area contributed by atoms with Crippen LogP contribution in [0.1, 0.15) is 36.9 Å². The zero-order valence-corrected chi connectivity index (χ0v) is 13.6. The van der Waals surface area contributed by atoms with Crippen LogP contribution in [0.15, 0.2) is 10.9 Å². The van der Waals surface area contributed by atoms with Gasteiger partial charge in [0.1, 0.15) is 0 Å². The van der Waals surface area contributed by atoms with Crippen LogP contribution in [-0.4, -0.2) is 48.0 Å². The molecule has 0 radical (unpaired) electrons. The number of rotatable bonds is 5. The van der Waals surface area contributed by atoms with Crippen molar-refractivity contribution in [1.82, 2.24) is 14.7 Å². The Labute approximate surface area is 132 Å². The summed E-state index contributed by atoms with van der Waals surface area (Å²) in [6, 6.07) is 1.83. The molecule has 5 heteroatoms. The van der Waals surface area contributed by atoms with Gasteiger partial charge >= 0.3 is 0 Å². The average molecular weight is 305 g/mol. The molecule has 2 aliphatic rings. The van der Waals surface area contributed by atoms with Gasteiger partial charge in [0.25, 0.3) is 5.56 Å². The summed E-state index contributed by atoms with van der Waals surface area (Å²) in [6.45, 7) is 4.81. The molecule has 1 fully saturated rings. The minimum Gasteiger partial charge on any atom is -0.383 e. The number of aromatic nitrogens is 2. The highest BCUT2D eigenvalue weighted by Crippen LogP contribution is 2.20. The van der Waals surface area contributed by atoms with E-state index in [4.69, 9.17) is 4.74 Å². The second kappa shape index (κ2) is 7.38. The first-order chi connectivity index (χ1) is 10.8. The van der Waals surface area contributed by atoms with Gasteiger partial charge in [-0.25, -0.2) is 4.68 Å². The van der Waals surface area contributed by atoms with Gasteiger partial charge in [-0.15, -0.1) is 0 Å². The molecule has 0 spiro atoms. The van der Waals surface area contributed by atoms with Gasteiger partial charge in [0.15, 0.2) is 0 Å². The molecule has 1 aliphatic heterocycles. The van der Waals surface area contributed by atoms with Crippen molar-refractivity contribution in [2.24, 2.45) is 5.92 Å². The zero-order valence-electron chi connectivity index (χ0n) is 13.6. The lowest BCUT2D eigenvalue weighted by Gasteiger charge is -2.31. The summed E-state index contributed by atoms with van der Waals surface area (Å²) >= 11 is 0. The van der Waals surface area contributed by atoms with E-state index in [0.29, 0.717) is 5.92 Å². The van der Waals surface area contributed by atoms with E-state index >= 15 is 0 Å². The monoisotopic (exact) mass is 305 g/mol. The smallest absolute Gasteiger partial charge is 0.267 e. The first-order valence-electron chi connectivity index (χ1n) is 8.57. The van der Waals surface area contributed by atoms with Crippen molar-refractivity contribution in [3.63, 3.8) is 0 Å². The lowest BCUT2D eigenvalue weighted by molar-refractivity contribution is 0.115. The molecule has 1 aromatic heterocycles. The first kappa shape index (κ1) is 15.7. The van der Waals surface area contributed by atoms with Crippen molar-refractivity contribution < 1.29 is 4.74 Å². The third-order valence-corrected chi connectivity index (χ3v) is 5.02. The number of methoxy groups -OCH3 is 1. The van der Waals surface area contributed by atoms with Crippen LogP contribution >= 0.6 is 0 Å². The predicted molar refractivity (Wildman–Crippen MR) is 86.2 cm³/mol. The lowest BCUT2D eigenvalue weighted by Crippen LogP contribution is -2.38. The highest BCUT2D eigenvalue weighted by molar-refractivity contribution is 5.20. The standard InChI is InChI=1S/C17H27N3O2/c1-22-11-10-19-8-6-14(7-9-19)13-20-17(21)12-15-4-2-3-5-16(15)18-20/h12,14H,2-11,13H2,1H3. The number of aryl methyl sites for hydroxylation is 2. The Balaban J connectivity index is 1.59. The Hall–Kier alpha value is -1.20. The second-order valence-corrected chi connectivity index (χ2v) is 6.62. The van der Waals surface area contributed by atoms with Crippen LogP contribution in [0.3, 0.4) is 0 Å². The summed E-state index contributed by atoms with van der Waals surface area (Å²) < 4.78 is 6.86. The van der Waals surface area contributed by atoms with E-state index in [1.807, 2.05) is 6.07 Å². The van der Waals surface area contributed by atoms with Crippen LogP contribution in [-0.2, 0) is 24.1 Å². The maximum atomic E-state index is 12.2. The molecule has 3 rings (SSSR count). The van der Waals surface area contributed by atoms with Crippen molar-refractivity contribution in [3.05, 3.63) is 27.7 Å². The predicted octanol–water partition coefficient (Wildman–Crippen LogP) is 1.48. The molecular weight excluding hydrogens is 278 g/mol. The van der Waals surface area contributed by atoms with Gasteiger partial charge in [-0.05, 0) is 63.1 Å². The van der Waals surface area contributed by atoms with Gasteiger partial charge in [-0.1, -0.05) is 0 Å². The highest BCUT2D eigenvalue weighted by Gasteiger charge is 2.21. The molecule has 0 bridgehead atoms. The normalized spacial score (nSPS) is 20.0. The van der Waals surface area contributed by atoms with E-state index < -0.39 is 0 Å². The van der Waals surface area contributed by atoms with Crippen molar-refractivity contribution in [2.75, 3.05) is 33.4 Å². The summed E-state index contributed by atoms with van der Waals surface area (Å²) in [6.07, 6.45) is 6.75. The quantitative estimate of drug-likeness (QED) is 0.827. The first-order valence-corrected chi connectivity index (χ1v) is 8.57. The van der Waals surface area contributed by atoms with Crippen molar-refractivity contribution >= 4 is 0 Å². The van der Waals surface area contributed by atoms with E-state index in [2.05, 4.69) is 10.00 Å². The van der Waals surface area contributed by atoms with Crippen molar-refractivity contribution in [2.45, 2.75) is 45.1 Å². The highest BCUT2D eigenvalue weighted by atomic mass is 16.5. The van der Waals surface area contributed by atoms with Gasteiger partial charge in [-0.3, -0.25) is 4.79 Å². The van der Waals surface area contributed by atoms with E-state index in [-0.39, 0.29) is 5.56 Å². The molecule has 0 amide bonds. The Morgan fingerprint density at radius 3 is 2.82 bits per heavy atom. The van der Waals surface area contributed by atoms with E-state index in [1.54, 1.807) is 11.8 Å². The van der Waals surface area contributed by atoms with Gasteiger partial charge in [0.05, 0.1) is 12.3 Å². The Bertz CT molecular complexity index is 547. The molecule has 0 N–H and O–H groups in total. The molecule has 1 aromatic rings. The Morgan fingerprint density at radius 1 is 1.27 bits per heavy atom. The summed E-state index contributed by atoms with van der Waals surface area (Å²) in [5.41, 5.74) is 2.42. The molecule has 0 unspecified atom stereocenters. The number of fused-ring (bicyclic) bond motifs is 1. The maximum absolute atomic E-state index is 12.2. The van der Waals surface area contributed by atoms with E-state index in [1.165, 1.54) is 18.4 Å². The molecule has 0 saturated carbocycles. The van der Waals surface area contributed by atoms with Crippen LogP contribution in [0, 0.1) is 5.92 Å². The number of hydrogen-bond acceptors (Lipinski definition) is 4. The molecular formula is C17H27N3O2. The van der Waals surface area contributed by atoms with Gasteiger partial charge in [-0.2, -0.15) is 5.10 Å². The number of piperidine rings is 1. The fourth-order valence-electron chi connectivity index (χ4n) is 3.59. The second-order valence-electron chi connectivity index (χ2n) is 6.62. The number of nitrogens with zero attached hydrogens (tertiary/aromatic N) is 3. The maximum Gasteiger partial charge on any atom is 0.267 e. The third kappa shape index (κ3) is 3.76. The Morgan fingerprint density at radius 2 is 2.05 bits per heavy atom. The topological polar surface area (TPSA) is 47.4 Å². The summed E-state index contributed by atoms with van der Waals surface area (Å²) in [4.78, 5) is 14.7. The molecule has 122 valence electrons. The molecule has 1 saturated heterocycles. The van der Waals surface area contributed by atoms with Crippen LogP contribution < -0.4 is 5.56 Å². The molecule has 0 atom stereocenters. The van der Waals surface area contributed by atoms with Crippen molar-refractivity contribution in [3.8, 4) is 0 Å². The van der Waals surface area contributed by atoms with Gasteiger partial charge < -0.3 is 9.64 Å². The minimum atomic E-state index is 0.0856. The van der Waals surface area contributed by atoms with E-state index in [9.17, 15) is 4.79 Å². The van der Waals surface area contributed by atoms with Crippen LogP contribution in [0.25, 0.3) is 0 Å². The molecule has 22 heavy (non-hydrogen) atoms. The van der Waals surface area contributed by atoms with Crippen LogP contribution in [0.2, 0.25) is 0 Å². The zero-order chi connectivity index (χ0) is 15.4. The fraction of sp³-hybridized carbons (Fsp3) is 0.765. The number of ether oxygens (including phenoxy) is 1. The molecule has 0 aromatic carbocycles. The molecule has 2 heterocycles. The number of hydrogen-bond donors (Lipinski definition) is 0. The lowest BCUT2D eigenvalue weighted by atomic mass is 9.96. The van der Waals surface area contributed by atoms with Crippen molar-refractivity contribution in [1.29, 1.82) is 0 Å². The summed E-state index contributed by atoms with van der Waals surface area (Å²) in [5, 5.41) is 4.65. The third-order valence-electron chi connectivity index (χ3n) is 5.02.